The van der Waals surface area contributed by atoms with Crippen LogP contribution in [-0.4, -0.2) is 23.5 Å². The molecule has 4 heteroatoms. The van der Waals surface area contributed by atoms with Gasteiger partial charge in [-0.1, -0.05) is 26.7 Å². The van der Waals surface area contributed by atoms with Crippen LogP contribution in [0.25, 0.3) is 0 Å². The number of hydrogen-bond donors (Lipinski definition) is 2. The van der Waals surface area contributed by atoms with Crippen molar-refractivity contribution < 1.29 is 14.7 Å². The molecule has 0 spiro atoms. The molecule has 1 aliphatic rings. The van der Waals surface area contributed by atoms with E-state index in [9.17, 15) is 9.59 Å². The number of nitrogens with one attached hydrogen (secondary N) is 1. The van der Waals surface area contributed by atoms with Crippen LogP contribution in [0, 0.1) is 17.8 Å². The van der Waals surface area contributed by atoms with Crippen LogP contribution >= 0.6 is 0 Å². The van der Waals surface area contributed by atoms with Crippen molar-refractivity contribution >= 4 is 11.9 Å². The van der Waals surface area contributed by atoms with E-state index in [0.29, 0.717) is 24.8 Å². The van der Waals surface area contributed by atoms with Gasteiger partial charge in [0.15, 0.2) is 0 Å². The van der Waals surface area contributed by atoms with Gasteiger partial charge in [0.05, 0.1) is 0 Å². The summed E-state index contributed by atoms with van der Waals surface area (Å²) in [6, 6.07) is 0. The number of amides is 1. The Bertz CT molecular complexity index is 304. The third-order valence-electron chi connectivity index (χ3n) is 4.39. The van der Waals surface area contributed by atoms with Gasteiger partial charge in [-0.2, -0.15) is 0 Å². The molecule has 1 rings (SSSR count). The van der Waals surface area contributed by atoms with Crippen molar-refractivity contribution in [3.05, 3.63) is 0 Å². The highest BCUT2D eigenvalue weighted by atomic mass is 16.4. The normalized spacial score (nSPS) is 24.1. The maximum Gasteiger partial charge on any atom is 0.303 e. The summed E-state index contributed by atoms with van der Waals surface area (Å²) in [6.45, 7) is 4.91. The molecule has 1 aliphatic carbocycles. The van der Waals surface area contributed by atoms with Crippen LogP contribution < -0.4 is 5.32 Å². The molecule has 0 radical (unpaired) electrons. The molecule has 0 aliphatic heterocycles. The zero-order valence-electron chi connectivity index (χ0n) is 12.2. The van der Waals surface area contributed by atoms with Gasteiger partial charge < -0.3 is 10.4 Å². The monoisotopic (exact) mass is 269 g/mol. The van der Waals surface area contributed by atoms with Gasteiger partial charge >= 0.3 is 5.97 Å². The fraction of sp³-hybridized carbons (Fsp3) is 0.867. The molecule has 1 amide bonds. The molecular formula is C15H27NO3. The summed E-state index contributed by atoms with van der Waals surface area (Å²) >= 11 is 0. The summed E-state index contributed by atoms with van der Waals surface area (Å²) < 4.78 is 0. The Morgan fingerprint density at radius 2 is 2.05 bits per heavy atom. The van der Waals surface area contributed by atoms with Gasteiger partial charge in [-0.05, 0) is 37.5 Å². The van der Waals surface area contributed by atoms with E-state index in [1.807, 2.05) is 0 Å². The molecule has 0 aromatic heterocycles. The third-order valence-corrected chi connectivity index (χ3v) is 4.39. The smallest absolute Gasteiger partial charge is 0.303 e. The molecule has 4 nitrogen and oxygen atoms in total. The van der Waals surface area contributed by atoms with Crippen molar-refractivity contribution in [3.8, 4) is 0 Å². The first-order chi connectivity index (χ1) is 9.04. The number of aliphatic carboxylic acids is 1. The van der Waals surface area contributed by atoms with Gasteiger partial charge in [0.2, 0.25) is 5.91 Å². The van der Waals surface area contributed by atoms with E-state index in [0.717, 1.165) is 32.1 Å². The quantitative estimate of drug-likeness (QED) is 0.712. The Kier molecular flexibility index (Phi) is 6.89. The van der Waals surface area contributed by atoms with Crippen molar-refractivity contribution in [2.75, 3.05) is 6.54 Å². The topological polar surface area (TPSA) is 66.4 Å². The van der Waals surface area contributed by atoms with Crippen LogP contribution in [0.1, 0.15) is 58.8 Å². The highest BCUT2D eigenvalue weighted by molar-refractivity contribution is 5.79. The zero-order valence-corrected chi connectivity index (χ0v) is 12.2. The average molecular weight is 269 g/mol. The van der Waals surface area contributed by atoms with E-state index in [1.54, 1.807) is 0 Å². The Labute approximate surface area is 116 Å². The van der Waals surface area contributed by atoms with Gasteiger partial charge in [-0.15, -0.1) is 0 Å². The van der Waals surface area contributed by atoms with E-state index >= 15 is 0 Å². The summed E-state index contributed by atoms with van der Waals surface area (Å²) in [5, 5.41) is 11.7. The molecule has 19 heavy (non-hydrogen) atoms. The fourth-order valence-corrected chi connectivity index (χ4v) is 2.95. The fourth-order valence-electron chi connectivity index (χ4n) is 2.95. The highest BCUT2D eigenvalue weighted by Crippen LogP contribution is 2.31. The van der Waals surface area contributed by atoms with Crippen molar-refractivity contribution in [1.82, 2.24) is 5.32 Å². The maximum atomic E-state index is 12.0. The van der Waals surface area contributed by atoms with Gasteiger partial charge in [0, 0.05) is 18.9 Å². The summed E-state index contributed by atoms with van der Waals surface area (Å²) in [7, 11) is 0. The van der Waals surface area contributed by atoms with Crippen molar-refractivity contribution in [3.63, 3.8) is 0 Å². The summed E-state index contributed by atoms with van der Waals surface area (Å²) in [4.78, 5) is 22.5. The van der Waals surface area contributed by atoms with E-state index in [-0.39, 0.29) is 18.2 Å². The van der Waals surface area contributed by atoms with Crippen LogP contribution in [0.4, 0.5) is 0 Å². The number of rotatable bonds is 8. The summed E-state index contributed by atoms with van der Waals surface area (Å²) in [6.07, 6.45) is 6.14. The van der Waals surface area contributed by atoms with E-state index in [4.69, 9.17) is 5.11 Å². The second-order valence-corrected chi connectivity index (χ2v) is 5.80. The first-order valence-corrected chi connectivity index (χ1v) is 7.54. The van der Waals surface area contributed by atoms with Crippen molar-refractivity contribution in [2.45, 2.75) is 58.8 Å². The molecule has 1 saturated carbocycles. The molecule has 0 heterocycles. The predicted molar refractivity (Wildman–Crippen MR) is 74.8 cm³/mol. The molecular weight excluding hydrogens is 242 g/mol. The van der Waals surface area contributed by atoms with Crippen molar-refractivity contribution in [2.24, 2.45) is 17.8 Å². The Morgan fingerprint density at radius 3 is 2.58 bits per heavy atom. The number of carbonyl (C=O) groups is 2. The molecule has 2 N–H and O–H groups in total. The third kappa shape index (κ3) is 5.62. The van der Waals surface area contributed by atoms with Crippen LogP contribution in [0.3, 0.4) is 0 Å². The Hall–Kier alpha value is -1.06. The molecule has 110 valence electrons. The van der Waals surface area contributed by atoms with Crippen LogP contribution in [0.5, 0.6) is 0 Å². The Morgan fingerprint density at radius 1 is 1.32 bits per heavy atom. The SMILES string of the molecule is CCC(CCNC(=O)C1CCCC1C)CCC(=O)O. The minimum absolute atomic E-state index is 0.193. The standard InChI is InChI=1S/C15H27NO3/c1-3-12(7-8-14(17)18)9-10-16-15(19)13-6-4-5-11(13)2/h11-13H,3-10H2,1-2H3,(H,16,19)(H,17,18). The molecule has 1 fully saturated rings. The molecule has 0 aromatic carbocycles. The van der Waals surface area contributed by atoms with E-state index < -0.39 is 5.97 Å². The average Bonchev–Trinajstić information content (AvgIpc) is 2.79. The highest BCUT2D eigenvalue weighted by Gasteiger charge is 2.29. The molecule has 0 aromatic rings. The van der Waals surface area contributed by atoms with Gasteiger partial charge in [0.1, 0.15) is 0 Å². The Balaban J connectivity index is 2.20. The maximum absolute atomic E-state index is 12.0. The largest absolute Gasteiger partial charge is 0.481 e. The molecule has 3 unspecified atom stereocenters. The van der Waals surface area contributed by atoms with Crippen LogP contribution in [0.15, 0.2) is 0 Å². The number of carboxylic acid groups (broad SMARTS) is 1. The lowest BCUT2D eigenvalue weighted by molar-refractivity contribution is -0.137. The summed E-state index contributed by atoms with van der Waals surface area (Å²) in [5.41, 5.74) is 0. The predicted octanol–water partition coefficient (Wildman–Crippen LogP) is 2.82. The molecule has 0 saturated heterocycles. The van der Waals surface area contributed by atoms with Crippen LogP contribution in [-0.2, 0) is 9.59 Å². The van der Waals surface area contributed by atoms with Gasteiger partial charge in [-0.25, -0.2) is 0 Å². The van der Waals surface area contributed by atoms with Crippen LogP contribution in [0.2, 0.25) is 0 Å². The lowest BCUT2D eigenvalue weighted by atomic mass is 9.95. The lowest BCUT2D eigenvalue weighted by Crippen LogP contribution is -2.33. The van der Waals surface area contributed by atoms with E-state index in [2.05, 4.69) is 19.2 Å². The lowest BCUT2D eigenvalue weighted by Gasteiger charge is -2.17. The first-order valence-electron chi connectivity index (χ1n) is 7.54. The zero-order chi connectivity index (χ0) is 14.3. The summed E-state index contributed by atoms with van der Waals surface area (Å²) in [5.74, 6) is 0.561. The van der Waals surface area contributed by atoms with E-state index in [1.165, 1.54) is 0 Å². The second kappa shape index (κ2) is 8.18. The molecule has 0 bridgehead atoms. The number of hydrogen-bond acceptors (Lipinski definition) is 2. The first kappa shape index (κ1) is 16.0. The van der Waals surface area contributed by atoms with Gasteiger partial charge in [0.25, 0.3) is 0 Å². The number of carbonyl (C=O) groups excluding carboxylic acids is 1. The van der Waals surface area contributed by atoms with Gasteiger partial charge in [-0.3, -0.25) is 9.59 Å². The molecule has 3 atom stereocenters. The van der Waals surface area contributed by atoms with Crippen molar-refractivity contribution in [1.29, 1.82) is 0 Å². The minimum Gasteiger partial charge on any atom is -0.481 e. The minimum atomic E-state index is -0.734. The number of carboxylic acids is 1. The second-order valence-electron chi connectivity index (χ2n) is 5.80.